The zero-order valence-electron chi connectivity index (χ0n) is 14.6. The fourth-order valence-corrected chi connectivity index (χ4v) is 2.87. The van der Waals surface area contributed by atoms with Gasteiger partial charge in [-0.15, -0.1) is 0 Å². The second-order valence-corrected chi connectivity index (χ2v) is 6.29. The second kappa shape index (κ2) is 8.74. The number of halogens is 1. The number of amides is 1. The molecule has 2 aromatic rings. The minimum Gasteiger partial charge on any atom is -0.497 e. The maximum Gasteiger partial charge on any atom is 0.248 e. The Bertz CT molecular complexity index is 784. The van der Waals surface area contributed by atoms with E-state index in [9.17, 15) is 4.79 Å². The molecule has 1 N–H and O–H groups in total. The summed E-state index contributed by atoms with van der Waals surface area (Å²) in [4.78, 5) is 14.6. The molecule has 136 valence electrons. The Hall–Kier alpha value is -2.50. The van der Waals surface area contributed by atoms with Crippen LogP contribution in [0.25, 0.3) is 6.08 Å². The molecule has 0 atom stereocenters. The average Bonchev–Trinajstić information content (AvgIpc) is 2.68. The van der Waals surface area contributed by atoms with Gasteiger partial charge in [-0.1, -0.05) is 23.7 Å². The molecule has 1 amide bonds. The predicted octanol–water partition coefficient (Wildman–Crippen LogP) is 3.84. The highest BCUT2D eigenvalue weighted by Crippen LogP contribution is 2.31. The van der Waals surface area contributed by atoms with E-state index in [1.165, 1.54) is 6.08 Å². The Labute approximate surface area is 158 Å². The lowest BCUT2D eigenvalue weighted by molar-refractivity contribution is -0.111. The summed E-state index contributed by atoms with van der Waals surface area (Å²) in [5, 5.41) is 3.61. The zero-order valence-corrected chi connectivity index (χ0v) is 15.3. The molecule has 1 aliphatic rings. The smallest absolute Gasteiger partial charge is 0.248 e. The molecule has 0 aliphatic carbocycles. The Kier molecular flexibility index (Phi) is 6.15. The van der Waals surface area contributed by atoms with Crippen molar-refractivity contribution in [3.63, 3.8) is 0 Å². The molecule has 1 fully saturated rings. The molecule has 0 spiro atoms. The Morgan fingerprint density at radius 3 is 2.62 bits per heavy atom. The van der Waals surface area contributed by atoms with Crippen LogP contribution in [0.2, 0.25) is 5.02 Å². The molecular weight excluding hydrogens is 352 g/mol. The number of benzene rings is 2. The van der Waals surface area contributed by atoms with Crippen LogP contribution in [0, 0.1) is 0 Å². The van der Waals surface area contributed by atoms with Crippen LogP contribution in [0.4, 0.5) is 11.4 Å². The van der Waals surface area contributed by atoms with Gasteiger partial charge in [0.15, 0.2) is 0 Å². The first kappa shape index (κ1) is 18.3. The van der Waals surface area contributed by atoms with Crippen LogP contribution < -0.4 is 15.0 Å². The summed E-state index contributed by atoms with van der Waals surface area (Å²) in [7, 11) is 1.61. The molecule has 6 heteroatoms. The average molecular weight is 373 g/mol. The number of rotatable bonds is 5. The minimum atomic E-state index is -0.206. The lowest BCUT2D eigenvalue weighted by Crippen LogP contribution is -2.36. The number of methoxy groups -OCH3 is 1. The summed E-state index contributed by atoms with van der Waals surface area (Å²) in [5.41, 5.74) is 2.59. The molecule has 1 aliphatic heterocycles. The molecule has 2 aromatic carbocycles. The third kappa shape index (κ3) is 4.77. The number of ether oxygens (including phenoxy) is 2. The first-order valence-electron chi connectivity index (χ1n) is 8.41. The number of nitrogens with zero attached hydrogens (tertiary/aromatic N) is 1. The van der Waals surface area contributed by atoms with Gasteiger partial charge in [0.2, 0.25) is 5.91 Å². The van der Waals surface area contributed by atoms with Crippen molar-refractivity contribution in [2.24, 2.45) is 0 Å². The van der Waals surface area contributed by atoms with Gasteiger partial charge in [0.1, 0.15) is 5.75 Å². The lowest BCUT2D eigenvalue weighted by Gasteiger charge is -2.30. The topological polar surface area (TPSA) is 50.8 Å². The van der Waals surface area contributed by atoms with Crippen molar-refractivity contribution in [3.05, 3.63) is 59.1 Å². The number of carbonyl (C=O) groups is 1. The molecule has 1 heterocycles. The number of anilines is 2. The van der Waals surface area contributed by atoms with Gasteiger partial charge in [-0.05, 0) is 35.9 Å². The molecule has 5 nitrogen and oxygen atoms in total. The van der Waals surface area contributed by atoms with E-state index in [1.807, 2.05) is 30.3 Å². The number of morpholine rings is 1. The third-order valence-corrected chi connectivity index (χ3v) is 4.36. The van der Waals surface area contributed by atoms with Gasteiger partial charge in [-0.3, -0.25) is 4.79 Å². The number of carbonyl (C=O) groups excluding carboxylic acids is 1. The summed E-state index contributed by atoms with van der Waals surface area (Å²) in [5.74, 6) is 0.488. The summed E-state index contributed by atoms with van der Waals surface area (Å²) in [6.07, 6.45) is 3.26. The first-order valence-corrected chi connectivity index (χ1v) is 8.79. The van der Waals surface area contributed by atoms with E-state index >= 15 is 0 Å². The molecule has 0 bridgehead atoms. The van der Waals surface area contributed by atoms with Crippen LogP contribution >= 0.6 is 11.6 Å². The highest BCUT2D eigenvalue weighted by molar-refractivity contribution is 6.30. The van der Waals surface area contributed by atoms with Crippen molar-refractivity contribution < 1.29 is 14.3 Å². The van der Waals surface area contributed by atoms with E-state index in [1.54, 1.807) is 25.3 Å². The van der Waals surface area contributed by atoms with E-state index < -0.39 is 0 Å². The number of nitrogens with one attached hydrogen (secondary N) is 1. The summed E-state index contributed by atoms with van der Waals surface area (Å²) in [6, 6.07) is 13.0. The third-order valence-electron chi connectivity index (χ3n) is 4.11. The quantitative estimate of drug-likeness (QED) is 0.810. The van der Waals surface area contributed by atoms with Crippen molar-refractivity contribution in [2.45, 2.75) is 0 Å². The van der Waals surface area contributed by atoms with Crippen molar-refractivity contribution in [1.82, 2.24) is 0 Å². The van der Waals surface area contributed by atoms with Gasteiger partial charge in [-0.25, -0.2) is 0 Å². The monoisotopic (exact) mass is 372 g/mol. The van der Waals surface area contributed by atoms with E-state index in [-0.39, 0.29) is 5.91 Å². The second-order valence-electron chi connectivity index (χ2n) is 5.86. The zero-order chi connectivity index (χ0) is 18.4. The van der Waals surface area contributed by atoms with Crippen LogP contribution in [0.1, 0.15) is 5.56 Å². The highest BCUT2D eigenvalue weighted by Gasteiger charge is 2.16. The Balaban J connectivity index is 1.76. The van der Waals surface area contributed by atoms with Gasteiger partial charge < -0.3 is 19.7 Å². The van der Waals surface area contributed by atoms with Crippen molar-refractivity contribution >= 4 is 35.0 Å². The summed E-state index contributed by atoms with van der Waals surface area (Å²) in [6.45, 7) is 2.93. The Morgan fingerprint density at radius 1 is 1.19 bits per heavy atom. The predicted molar refractivity (Wildman–Crippen MR) is 105 cm³/mol. The largest absolute Gasteiger partial charge is 0.497 e. The standard InChI is InChI=1S/C20H21ClN2O3/c1-25-17-7-8-19(23-10-12-26-13-11-23)18(14-17)22-20(24)9-4-15-2-5-16(21)6-3-15/h2-9,14H,10-13H2,1H3,(H,22,24)/b9-4+. The molecule has 0 unspecified atom stereocenters. The number of hydrogen-bond donors (Lipinski definition) is 1. The van der Waals surface area contributed by atoms with Gasteiger partial charge in [0.25, 0.3) is 0 Å². The van der Waals surface area contributed by atoms with E-state index in [4.69, 9.17) is 21.1 Å². The Morgan fingerprint density at radius 2 is 1.92 bits per heavy atom. The summed E-state index contributed by atoms with van der Waals surface area (Å²) >= 11 is 5.87. The molecule has 0 radical (unpaired) electrons. The SMILES string of the molecule is COc1ccc(N2CCOCC2)c(NC(=O)/C=C/c2ccc(Cl)cc2)c1. The van der Waals surface area contributed by atoms with Gasteiger partial charge in [0.05, 0.1) is 31.7 Å². The molecule has 0 aromatic heterocycles. The van der Waals surface area contributed by atoms with Crippen LogP contribution in [0.15, 0.2) is 48.5 Å². The van der Waals surface area contributed by atoms with Crippen LogP contribution in [0.3, 0.4) is 0 Å². The first-order chi connectivity index (χ1) is 12.7. The van der Waals surface area contributed by atoms with Crippen LogP contribution in [0.5, 0.6) is 5.75 Å². The van der Waals surface area contributed by atoms with Crippen molar-refractivity contribution in [1.29, 1.82) is 0 Å². The molecule has 3 rings (SSSR count). The van der Waals surface area contributed by atoms with Gasteiger partial charge in [0, 0.05) is 30.3 Å². The van der Waals surface area contributed by atoms with E-state index in [2.05, 4.69) is 10.2 Å². The molecule has 26 heavy (non-hydrogen) atoms. The minimum absolute atomic E-state index is 0.206. The maximum atomic E-state index is 12.4. The van der Waals surface area contributed by atoms with Crippen LogP contribution in [-0.2, 0) is 9.53 Å². The fourth-order valence-electron chi connectivity index (χ4n) is 2.74. The van der Waals surface area contributed by atoms with Crippen LogP contribution in [-0.4, -0.2) is 39.3 Å². The lowest BCUT2D eigenvalue weighted by atomic mass is 10.2. The van der Waals surface area contributed by atoms with Gasteiger partial charge in [-0.2, -0.15) is 0 Å². The summed E-state index contributed by atoms with van der Waals surface area (Å²) < 4.78 is 10.7. The van der Waals surface area contributed by atoms with Crippen molar-refractivity contribution in [3.8, 4) is 5.75 Å². The molecule has 0 saturated carbocycles. The van der Waals surface area contributed by atoms with Gasteiger partial charge >= 0.3 is 0 Å². The van der Waals surface area contributed by atoms with E-state index in [0.29, 0.717) is 24.0 Å². The maximum absolute atomic E-state index is 12.4. The van der Waals surface area contributed by atoms with E-state index in [0.717, 1.165) is 30.0 Å². The van der Waals surface area contributed by atoms with Crippen molar-refractivity contribution in [2.75, 3.05) is 43.6 Å². The molecule has 1 saturated heterocycles. The normalized spacial score (nSPS) is 14.5. The number of hydrogen-bond acceptors (Lipinski definition) is 4. The molecular formula is C20H21ClN2O3. The fraction of sp³-hybridized carbons (Fsp3) is 0.250. The highest BCUT2D eigenvalue weighted by atomic mass is 35.5.